The summed E-state index contributed by atoms with van der Waals surface area (Å²) < 4.78 is 0. The topological polar surface area (TPSA) is 47.5 Å². The lowest BCUT2D eigenvalue weighted by Crippen LogP contribution is -2.51. The number of benzene rings is 1. The molecule has 1 fully saturated rings. The summed E-state index contributed by atoms with van der Waals surface area (Å²) in [5, 5.41) is 21.5. The van der Waals surface area contributed by atoms with Gasteiger partial charge >= 0.3 is 0 Å². The van der Waals surface area contributed by atoms with E-state index in [0.717, 1.165) is 24.8 Å². The maximum Gasteiger partial charge on any atom is 0.0837 e. The first-order valence-corrected chi connectivity index (χ1v) is 26.0. The normalized spacial score (nSPS) is 30.1. The number of hydrogen-bond donors (Lipinski definition) is 3. The van der Waals surface area contributed by atoms with Crippen molar-refractivity contribution in [2.45, 2.75) is 143 Å². The molecule has 310 valence electrons. The van der Waals surface area contributed by atoms with Crippen LogP contribution in [0.15, 0.2) is 142 Å². The molecule has 2 heterocycles. The molecule has 0 amide bonds. The first-order chi connectivity index (χ1) is 27.4. The van der Waals surface area contributed by atoms with Gasteiger partial charge in [0.15, 0.2) is 0 Å². The summed E-state index contributed by atoms with van der Waals surface area (Å²) in [5.74, 6) is 1.82. The van der Waals surface area contributed by atoms with Crippen LogP contribution in [-0.4, -0.2) is 53.9 Å². The standard InChI is InChI=1S/C53H73N3OSi/c1-13-21-37(30-35(4)34(2)3)50(49-48-40-25-18-17-24-39(40)46-32-42(53(8,9)57)47(58(10,11)12)33-56(46)51(48)49)55-45-27-20-19-26-44(45)54-43-29-28-38(52(5,6)7)31-41(43)36-22-15-14-16-23-36/h13-16,18-23,25-27,30-35,38,43-46,48,51,54-55,57H,17,24,28-29H2,1-12H3/b21-13-,37-30-,50-49+. The van der Waals surface area contributed by atoms with Crippen LogP contribution in [0.2, 0.25) is 19.6 Å². The van der Waals surface area contributed by atoms with Crippen LogP contribution in [-0.2, 0) is 0 Å². The molecule has 0 radical (unpaired) electrons. The van der Waals surface area contributed by atoms with Gasteiger partial charge in [0.2, 0.25) is 0 Å². The molecule has 5 heteroatoms. The minimum absolute atomic E-state index is 0.0674. The third-order valence-electron chi connectivity index (χ3n) is 13.8. The Kier molecular flexibility index (Phi) is 12.0. The van der Waals surface area contributed by atoms with Crippen molar-refractivity contribution in [1.29, 1.82) is 0 Å². The predicted molar refractivity (Wildman–Crippen MR) is 251 cm³/mol. The van der Waals surface area contributed by atoms with Crippen molar-refractivity contribution in [2.24, 2.45) is 29.1 Å². The van der Waals surface area contributed by atoms with Crippen molar-refractivity contribution in [3.63, 3.8) is 0 Å². The highest BCUT2D eigenvalue weighted by atomic mass is 28.3. The summed E-state index contributed by atoms with van der Waals surface area (Å²) in [6.07, 6.45) is 33.1. The molecule has 7 rings (SSSR count). The van der Waals surface area contributed by atoms with Gasteiger partial charge < -0.3 is 20.6 Å². The van der Waals surface area contributed by atoms with Gasteiger partial charge in [0.05, 0.1) is 31.8 Å². The lowest BCUT2D eigenvalue weighted by atomic mass is 9.71. The van der Waals surface area contributed by atoms with Gasteiger partial charge in [0.25, 0.3) is 0 Å². The van der Waals surface area contributed by atoms with E-state index in [0.29, 0.717) is 23.7 Å². The lowest BCUT2D eigenvalue weighted by molar-refractivity contribution is 0.120. The van der Waals surface area contributed by atoms with E-state index >= 15 is 0 Å². The molecule has 4 aliphatic carbocycles. The Morgan fingerprint density at radius 3 is 2.29 bits per heavy atom. The average molecular weight is 796 g/mol. The van der Waals surface area contributed by atoms with E-state index in [1.807, 2.05) is 13.8 Å². The number of fused-ring (bicyclic) bond motifs is 5. The minimum atomic E-state index is -1.81. The highest BCUT2D eigenvalue weighted by Crippen LogP contribution is 2.59. The van der Waals surface area contributed by atoms with Gasteiger partial charge in [0.1, 0.15) is 0 Å². The molecule has 1 saturated carbocycles. The molecule has 0 bridgehead atoms. The fourth-order valence-corrected chi connectivity index (χ4v) is 11.8. The Bertz CT molecular complexity index is 2030. The summed E-state index contributed by atoms with van der Waals surface area (Å²) in [4.78, 5) is 2.71. The van der Waals surface area contributed by atoms with E-state index in [2.05, 4.69) is 187 Å². The van der Waals surface area contributed by atoms with Crippen molar-refractivity contribution in [3.8, 4) is 0 Å². The molecule has 0 aromatic heterocycles. The monoisotopic (exact) mass is 796 g/mol. The van der Waals surface area contributed by atoms with Crippen molar-refractivity contribution < 1.29 is 5.11 Å². The molecule has 8 unspecified atom stereocenters. The number of aliphatic hydroxyl groups is 1. The maximum absolute atomic E-state index is 11.6. The zero-order valence-corrected chi connectivity index (χ0v) is 38.7. The van der Waals surface area contributed by atoms with Crippen LogP contribution in [0.3, 0.4) is 0 Å². The fourth-order valence-electron chi connectivity index (χ4n) is 10.1. The Balaban J connectivity index is 1.32. The van der Waals surface area contributed by atoms with E-state index in [4.69, 9.17) is 0 Å². The van der Waals surface area contributed by atoms with Crippen molar-refractivity contribution in [1.82, 2.24) is 15.5 Å². The second-order valence-electron chi connectivity index (χ2n) is 20.9. The Labute approximate surface area is 353 Å². The molecule has 0 spiro atoms. The fraction of sp³-hybridized carbons (Fsp3) is 0.509. The third kappa shape index (κ3) is 8.65. The SMILES string of the molecule is C\C=C/C(=C/C(C)C(C)C)C(/NC1C=CC=CC1NC1CCC(C(C)(C)C)C=C1c1ccccc1)=C1/C2C3=C(CCC=C3)C3C=C(C(C)(C)O)C([Si](C)(C)C)=CN3C12. The number of allylic oxidation sites excluding steroid dienone is 8. The summed E-state index contributed by atoms with van der Waals surface area (Å²) in [6.45, 7) is 27.6. The summed E-state index contributed by atoms with van der Waals surface area (Å²) in [7, 11) is -1.81. The van der Waals surface area contributed by atoms with E-state index < -0.39 is 13.7 Å². The highest BCUT2D eigenvalue weighted by Gasteiger charge is 2.58. The van der Waals surface area contributed by atoms with Gasteiger partial charge in [-0.1, -0.05) is 158 Å². The van der Waals surface area contributed by atoms with Crippen LogP contribution in [0.25, 0.3) is 5.57 Å². The smallest absolute Gasteiger partial charge is 0.0837 e. The Hall–Kier alpha value is -3.64. The number of nitrogens with one attached hydrogen (secondary N) is 2. The molecular formula is C53H73N3OSi. The zero-order chi connectivity index (χ0) is 41.7. The van der Waals surface area contributed by atoms with Gasteiger partial charge in [-0.3, -0.25) is 0 Å². The van der Waals surface area contributed by atoms with Crippen LogP contribution in [0.1, 0.15) is 93.6 Å². The Morgan fingerprint density at radius 1 is 0.948 bits per heavy atom. The van der Waals surface area contributed by atoms with Gasteiger partial charge in [-0.15, -0.1) is 0 Å². The first-order valence-electron chi connectivity index (χ1n) is 22.5. The molecule has 0 saturated heterocycles. The molecule has 8 atom stereocenters. The van der Waals surface area contributed by atoms with Gasteiger partial charge in [-0.2, -0.15) is 0 Å². The van der Waals surface area contributed by atoms with Crippen molar-refractivity contribution >= 4 is 13.6 Å². The van der Waals surface area contributed by atoms with Crippen LogP contribution in [0.5, 0.6) is 0 Å². The lowest BCUT2D eigenvalue weighted by Gasteiger charge is -2.44. The van der Waals surface area contributed by atoms with E-state index in [9.17, 15) is 5.11 Å². The van der Waals surface area contributed by atoms with E-state index in [-0.39, 0.29) is 35.6 Å². The predicted octanol–water partition coefficient (Wildman–Crippen LogP) is 11.8. The van der Waals surface area contributed by atoms with E-state index in [1.54, 1.807) is 0 Å². The molecule has 6 aliphatic rings. The molecule has 1 aromatic carbocycles. The second-order valence-corrected chi connectivity index (χ2v) is 26.0. The third-order valence-corrected chi connectivity index (χ3v) is 15.8. The quantitative estimate of drug-likeness (QED) is 0.154. The van der Waals surface area contributed by atoms with Crippen molar-refractivity contribution in [2.75, 3.05) is 0 Å². The number of nitrogens with zero attached hydrogens (tertiary/aromatic N) is 1. The summed E-state index contributed by atoms with van der Waals surface area (Å²) in [6, 6.07) is 11.9. The van der Waals surface area contributed by atoms with Crippen LogP contribution in [0, 0.1) is 29.1 Å². The summed E-state index contributed by atoms with van der Waals surface area (Å²) >= 11 is 0. The van der Waals surface area contributed by atoms with E-state index in [1.165, 1.54) is 50.7 Å². The average Bonchev–Trinajstić information content (AvgIpc) is 3.92. The highest BCUT2D eigenvalue weighted by molar-refractivity contribution is 6.84. The van der Waals surface area contributed by atoms with Crippen LogP contribution in [0.4, 0.5) is 0 Å². The Morgan fingerprint density at radius 2 is 1.66 bits per heavy atom. The number of rotatable bonds is 11. The van der Waals surface area contributed by atoms with Crippen LogP contribution < -0.4 is 10.6 Å². The molecule has 4 nitrogen and oxygen atoms in total. The molecule has 3 N–H and O–H groups in total. The van der Waals surface area contributed by atoms with Gasteiger partial charge in [-0.05, 0) is 114 Å². The molecule has 1 aromatic rings. The number of hydrogen-bond acceptors (Lipinski definition) is 4. The molecular weight excluding hydrogens is 723 g/mol. The first kappa shape index (κ1) is 42.5. The molecule has 2 aliphatic heterocycles. The van der Waals surface area contributed by atoms with Gasteiger partial charge in [0, 0.05) is 29.9 Å². The molecule has 58 heavy (non-hydrogen) atoms. The minimum Gasteiger partial charge on any atom is -0.386 e. The largest absolute Gasteiger partial charge is 0.386 e. The van der Waals surface area contributed by atoms with Crippen LogP contribution >= 0.6 is 0 Å². The van der Waals surface area contributed by atoms with Crippen molar-refractivity contribution in [3.05, 3.63) is 148 Å². The second kappa shape index (κ2) is 16.4. The maximum atomic E-state index is 11.6. The van der Waals surface area contributed by atoms with Gasteiger partial charge in [-0.25, -0.2) is 0 Å². The zero-order valence-electron chi connectivity index (χ0n) is 37.7. The summed E-state index contributed by atoms with van der Waals surface area (Å²) in [5.41, 5.74) is 10.3.